The van der Waals surface area contributed by atoms with E-state index in [1.54, 1.807) is 0 Å². The third-order valence-corrected chi connectivity index (χ3v) is 4.04. The van der Waals surface area contributed by atoms with E-state index in [9.17, 15) is 4.79 Å². The van der Waals surface area contributed by atoms with E-state index in [1.807, 2.05) is 37.4 Å². The smallest absolute Gasteiger partial charge is 0.275 e. The highest BCUT2D eigenvalue weighted by atomic mass is 79.9. The van der Waals surface area contributed by atoms with Gasteiger partial charge in [0.15, 0.2) is 0 Å². The summed E-state index contributed by atoms with van der Waals surface area (Å²) in [7, 11) is 1.85. The van der Waals surface area contributed by atoms with Crippen molar-refractivity contribution in [2.75, 3.05) is 7.05 Å². The lowest BCUT2D eigenvalue weighted by atomic mass is 10.1. The second kappa shape index (κ2) is 5.93. The fourth-order valence-corrected chi connectivity index (χ4v) is 3.19. The molecule has 1 aliphatic carbocycles. The Labute approximate surface area is 136 Å². The van der Waals surface area contributed by atoms with E-state index in [0.717, 1.165) is 26.8 Å². The number of aromatic amines is 1. The van der Waals surface area contributed by atoms with Gasteiger partial charge in [0.25, 0.3) is 5.56 Å². The second-order valence-electron chi connectivity index (χ2n) is 5.23. The molecular weight excluding hydrogens is 342 g/mol. The zero-order chi connectivity index (χ0) is 15.7. The van der Waals surface area contributed by atoms with Crippen LogP contribution in [0.4, 0.5) is 0 Å². The van der Waals surface area contributed by atoms with Crippen molar-refractivity contribution < 1.29 is 0 Å². The van der Waals surface area contributed by atoms with Crippen molar-refractivity contribution in [1.82, 2.24) is 15.3 Å². The van der Waals surface area contributed by atoms with Crippen LogP contribution in [-0.4, -0.2) is 17.0 Å². The largest absolute Gasteiger partial charge is 0.388 e. The quantitative estimate of drug-likeness (QED) is 0.866. The predicted octanol–water partition coefficient (Wildman–Crippen LogP) is 3.34. The maximum absolute atomic E-state index is 12.4. The van der Waals surface area contributed by atoms with Crippen LogP contribution in [0.15, 0.2) is 57.5 Å². The van der Waals surface area contributed by atoms with E-state index in [-0.39, 0.29) is 11.5 Å². The fourth-order valence-electron chi connectivity index (χ4n) is 2.54. The molecule has 1 unspecified atom stereocenters. The van der Waals surface area contributed by atoms with E-state index >= 15 is 0 Å². The topological polar surface area (TPSA) is 57.8 Å². The monoisotopic (exact) mass is 357 g/mol. The van der Waals surface area contributed by atoms with Crippen molar-refractivity contribution in [3.05, 3.63) is 68.7 Å². The third-order valence-electron chi connectivity index (χ3n) is 3.55. The van der Waals surface area contributed by atoms with Gasteiger partial charge >= 0.3 is 0 Å². The lowest BCUT2D eigenvalue weighted by molar-refractivity contribution is 0.903. The zero-order valence-electron chi connectivity index (χ0n) is 12.4. The molecule has 0 fully saturated rings. The minimum absolute atomic E-state index is 0.194. The van der Waals surface area contributed by atoms with Gasteiger partial charge in [0.1, 0.15) is 5.69 Å². The summed E-state index contributed by atoms with van der Waals surface area (Å²) in [5, 5.41) is 3.16. The van der Waals surface area contributed by atoms with Crippen molar-refractivity contribution in [3.63, 3.8) is 0 Å². The first-order chi connectivity index (χ1) is 10.6. The van der Waals surface area contributed by atoms with Crippen LogP contribution in [-0.2, 0) is 0 Å². The molecule has 0 radical (unpaired) electrons. The van der Waals surface area contributed by atoms with Crippen molar-refractivity contribution in [3.8, 4) is 0 Å². The summed E-state index contributed by atoms with van der Waals surface area (Å²) in [5.74, 6) is 0.255. The molecule has 1 aliphatic rings. The Morgan fingerprint density at radius 3 is 2.82 bits per heavy atom. The van der Waals surface area contributed by atoms with Gasteiger partial charge in [-0.05, 0) is 24.1 Å². The molecule has 0 saturated heterocycles. The molecule has 112 valence electrons. The number of nitrogens with one attached hydrogen (secondary N) is 2. The first kappa shape index (κ1) is 14.8. The van der Waals surface area contributed by atoms with Gasteiger partial charge in [-0.3, -0.25) is 4.79 Å². The van der Waals surface area contributed by atoms with Crippen molar-refractivity contribution >= 4 is 32.5 Å². The molecule has 2 N–H and O–H groups in total. The molecule has 1 aromatic heterocycles. The van der Waals surface area contributed by atoms with E-state index < -0.39 is 0 Å². The van der Waals surface area contributed by atoms with Gasteiger partial charge in [-0.25, -0.2) is 4.98 Å². The van der Waals surface area contributed by atoms with Gasteiger partial charge in [-0.2, -0.15) is 0 Å². The molecule has 1 aromatic carbocycles. The Morgan fingerprint density at radius 1 is 1.27 bits per heavy atom. The molecule has 1 atom stereocenters. The second-order valence-corrected chi connectivity index (χ2v) is 6.15. The standard InChI is InChI=1S/C17H16BrN3O/c1-10-7-11(18)9-12(15(8-10)19-2)16-17(22)21-14-6-4-3-5-13(14)20-16/h3-10,19H,1-2H3,(H,21,22). The maximum Gasteiger partial charge on any atom is 0.275 e. The highest BCUT2D eigenvalue weighted by Gasteiger charge is 2.17. The summed E-state index contributed by atoms with van der Waals surface area (Å²) in [6.45, 7) is 2.09. The number of fused-ring (bicyclic) bond motifs is 1. The van der Waals surface area contributed by atoms with Gasteiger partial charge in [-0.15, -0.1) is 0 Å². The summed E-state index contributed by atoms with van der Waals surface area (Å²) in [6, 6.07) is 7.53. The van der Waals surface area contributed by atoms with Gasteiger partial charge < -0.3 is 10.3 Å². The molecular formula is C17H16BrN3O. The molecule has 3 rings (SSSR count). The van der Waals surface area contributed by atoms with E-state index in [1.165, 1.54) is 0 Å². The van der Waals surface area contributed by atoms with Gasteiger partial charge in [0.05, 0.1) is 11.0 Å². The van der Waals surface area contributed by atoms with Crippen LogP contribution in [0.3, 0.4) is 0 Å². The Bertz CT molecular complexity index is 877. The normalized spacial score (nSPS) is 18.3. The molecule has 4 nitrogen and oxygen atoms in total. The number of hydrogen-bond acceptors (Lipinski definition) is 3. The summed E-state index contributed by atoms with van der Waals surface area (Å²) >= 11 is 3.53. The van der Waals surface area contributed by atoms with Crippen LogP contribution in [0.1, 0.15) is 12.6 Å². The molecule has 0 aliphatic heterocycles. The molecule has 0 amide bonds. The number of aromatic nitrogens is 2. The first-order valence-corrected chi connectivity index (χ1v) is 7.86. The number of allylic oxidation sites excluding steroid dienone is 5. The van der Waals surface area contributed by atoms with Crippen molar-refractivity contribution in [2.45, 2.75) is 6.92 Å². The highest BCUT2D eigenvalue weighted by molar-refractivity contribution is 9.11. The molecule has 5 heteroatoms. The molecule has 0 spiro atoms. The lowest BCUT2D eigenvalue weighted by Crippen LogP contribution is -2.19. The number of nitrogens with zero attached hydrogens (tertiary/aromatic N) is 1. The number of para-hydroxylation sites is 2. The molecule has 1 heterocycles. The van der Waals surface area contributed by atoms with Crippen LogP contribution >= 0.6 is 15.9 Å². The Kier molecular flexibility index (Phi) is 3.98. The molecule has 2 aromatic rings. The Balaban J connectivity index is 2.24. The number of rotatable bonds is 2. The van der Waals surface area contributed by atoms with Gasteiger partial charge in [0, 0.05) is 22.8 Å². The average Bonchev–Trinajstić information content (AvgIpc) is 2.64. The number of H-pyrrole nitrogens is 1. The van der Waals surface area contributed by atoms with Gasteiger partial charge in [-0.1, -0.05) is 47.1 Å². The van der Waals surface area contributed by atoms with E-state index in [0.29, 0.717) is 5.69 Å². The number of hydrogen-bond donors (Lipinski definition) is 2. The SMILES string of the molecule is CNC1=CC(C)C=C(Br)C=C1c1nc2ccccc2[nH]c1=O. The van der Waals surface area contributed by atoms with Crippen molar-refractivity contribution in [2.24, 2.45) is 5.92 Å². The number of benzene rings is 1. The summed E-state index contributed by atoms with van der Waals surface area (Å²) in [5.41, 5.74) is 3.41. The van der Waals surface area contributed by atoms with Crippen LogP contribution in [0.25, 0.3) is 16.6 Å². The zero-order valence-corrected chi connectivity index (χ0v) is 13.9. The third kappa shape index (κ3) is 2.76. The Morgan fingerprint density at radius 2 is 2.05 bits per heavy atom. The summed E-state index contributed by atoms with van der Waals surface area (Å²) in [4.78, 5) is 19.9. The lowest BCUT2D eigenvalue weighted by Gasteiger charge is -2.11. The summed E-state index contributed by atoms with van der Waals surface area (Å²) in [6.07, 6.45) is 6.09. The van der Waals surface area contributed by atoms with Crippen molar-refractivity contribution in [1.29, 1.82) is 0 Å². The summed E-state index contributed by atoms with van der Waals surface area (Å²) < 4.78 is 0.936. The van der Waals surface area contributed by atoms with E-state index in [4.69, 9.17) is 0 Å². The number of likely N-dealkylation sites (N-methyl/N-ethyl adjacent to an activating group) is 1. The van der Waals surface area contributed by atoms with Crippen LogP contribution in [0.5, 0.6) is 0 Å². The van der Waals surface area contributed by atoms with Crippen LogP contribution in [0, 0.1) is 5.92 Å². The molecule has 0 saturated carbocycles. The maximum atomic E-state index is 12.4. The minimum atomic E-state index is -0.194. The number of halogens is 1. The predicted molar refractivity (Wildman–Crippen MR) is 93.7 cm³/mol. The molecule has 22 heavy (non-hydrogen) atoms. The highest BCUT2D eigenvalue weighted by Crippen LogP contribution is 2.28. The van der Waals surface area contributed by atoms with Crippen LogP contribution < -0.4 is 10.9 Å². The fraction of sp³-hybridized carbons (Fsp3) is 0.176. The first-order valence-electron chi connectivity index (χ1n) is 7.07. The average molecular weight is 358 g/mol. The van der Waals surface area contributed by atoms with Gasteiger partial charge in [0.2, 0.25) is 0 Å². The Hall–Kier alpha value is -2.14. The minimum Gasteiger partial charge on any atom is -0.388 e. The molecule has 0 bridgehead atoms. The van der Waals surface area contributed by atoms with Crippen LogP contribution in [0.2, 0.25) is 0 Å². The van der Waals surface area contributed by atoms with E-state index in [2.05, 4.69) is 50.3 Å².